The molecule has 0 rings (SSSR count). The van der Waals surface area contributed by atoms with E-state index in [-0.39, 0.29) is 92.9 Å². The number of amides is 3. The Kier molecular flexibility index (Phi) is 54.3. The van der Waals surface area contributed by atoms with Gasteiger partial charge >= 0.3 is 35.3 Å². The molecule has 0 aliphatic carbocycles. The smallest absolute Gasteiger partial charge is 0.550 e. The van der Waals surface area contributed by atoms with Gasteiger partial charge in [0.1, 0.15) is 18.1 Å². The summed E-state index contributed by atoms with van der Waals surface area (Å²) in [5.41, 5.74) is 0. The summed E-state index contributed by atoms with van der Waals surface area (Å²) in [6.07, 6.45) is 30.1. The van der Waals surface area contributed by atoms with Crippen molar-refractivity contribution in [3.63, 3.8) is 0 Å². The average molecular weight is 1010 g/mol. The van der Waals surface area contributed by atoms with Gasteiger partial charge in [0, 0.05) is 37.2 Å². The number of carbonyl (C=O) groups is 9. The fraction of sp³-hybridized carbons (Fsp3) is 0.824. The minimum absolute atomic E-state index is 0. The number of rotatable bonds is 45. The number of carbonyl (C=O) groups excluding carboxylic acids is 6. The Morgan fingerprint density at radius 3 is 0.643 bits per heavy atom. The zero-order valence-corrected chi connectivity index (χ0v) is 44.2. The monoisotopic (exact) mass is 1010 g/mol. The van der Waals surface area contributed by atoms with Crippen molar-refractivity contribution >= 4 is 70.9 Å². The molecule has 0 aliphatic rings. The molecule has 3 amide bonds. The van der Waals surface area contributed by atoms with E-state index < -0.39 is 53.9 Å². The Morgan fingerprint density at radius 1 is 0.314 bits per heavy atom. The van der Waals surface area contributed by atoms with Crippen LogP contribution in [0.15, 0.2) is 0 Å². The Labute approximate surface area is 429 Å². The number of hydrogen-bond donors (Lipinski definition) is 6. The molecule has 0 radical (unpaired) electrons. The topological polar surface area (TPSA) is 320 Å². The fourth-order valence-electron chi connectivity index (χ4n) is 7.15. The van der Waals surface area contributed by atoms with Gasteiger partial charge in [-0.2, -0.15) is 0 Å². The predicted molar refractivity (Wildman–Crippen MR) is 263 cm³/mol. The summed E-state index contributed by atoms with van der Waals surface area (Å²) in [5, 5.41) is 65.0. The molecule has 0 aromatic carbocycles. The van der Waals surface area contributed by atoms with E-state index in [9.17, 15) is 58.5 Å². The molecular formula is C51H90AlN3O15. The van der Waals surface area contributed by atoms with Crippen molar-refractivity contribution in [2.24, 2.45) is 0 Å². The first kappa shape index (κ1) is 72.3. The van der Waals surface area contributed by atoms with Crippen LogP contribution in [0.25, 0.3) is 0 Å². The minimum Gasteiger partial charge on any atom is -0.550 e. The van der Waals surface area contributed by atoms with E-state index >= 15 is 0 Å². The molecule has 0 aromatic rings. The minimum atomic E-state index is -1.32. The van der Waals surface area contributed by atoms with Crippen molar-refractivity contribution < 1.29 is 73.8 Å². The number of hydrogen-bond acceptors (Lipinski definition) is 12. The van der Waals surface area contributed by atoms with Gasteiger partial charge in [-0.15, -0.1) is 0 Å². The molecule has 0 aliphatic heterocycles. The molecule has 18 nitrogen and oxygen atoms in total. The first-order valence-corrected chi connectivity index (χ1v) is 26.1. The second-order valence-corrected chi connectivity index (χ2v) is 17.8. The van der Waals surface area contributed by atoms with Crippen LogP contribution in [0.5, 0.6) is 0 Å². The second kappa shape index (κ2) is 52.6. The van der Waals surface area contributed by atoms with Crippen LogP contribution < -0.4 is 31.3 Å². The molecule has 6 N–H and O–H groups in total. The van der Waals surface area contributed by atoms with Gasteiger partial charge in [0.05, 0.1) is 0 Å². The van der Waals surface area contributed by atoms with E-state index in [0.29, 0.717) is 0 Å². The summed E-state index contributed by atoms with van der Waals surface area (Å²) in [5.74, 6) is -8.60. The largest absolute Gasteiger partial charge is 3.00 e. The van der Waals surface area contributed by atoms with Crippen molar-refractivity contribution in [1.82, 2.24) is 16.0 Å². The first-order chi connectivity index (χ1) is 32.9. The number of aliphatic carboxylic acids is 6. The SMILES string of the molecule is CCCCCCCCCCCC(=O)N[C@@H](CCC(=O)[O-])C(=O)O.CCCCCCCCCCCC(=O)N[C@@H](CCC(=O)[O-])C(=O)O.CCCCCCCCCCCC(=O)N[C@@H](CCC(=O)[O-])C(=O)O.[Al+3]. The van der Waals surface area contributed by atoms with Gasteiger partial charge in [-0.25, -0.2) is 14.4 Å². The molecule has 0 fully saturated rings. The Balaban J connectivity index is -0.000000463. The summed E-state index contributed by atoms with van der Waals surface area (Å²) >= 11 is 0. The van der Waals surface area contributed by atoms with Crippen LogP contribution >= 0.6 is 0 Å². The van der Waals surface area contributed by atoms with E-state index in [2.05, 4.69) is 36.7 Å². The van der Waals surface area contributed by atoms with Gasteiger partial charge in [-0.3, -0.25) is 14.4 Å². The van der Waals surface area contributed by atoms with Gasteiger partial charge in [0.15, 0.2) is 0 Å². The number of carboxylic acid groups (broad SMARTS) is 6. The molecule has 19 heteroatoms. The van der Waals surface area contributed by atoms with Crippen molar-refractivity contribution in [1.29, 1.82) is 0 Å². The maximum Gasteiger partial charge on any atom is 3.00 e. The number of unbranched alkanes of at least 4 members (excludes halogenated alkanes) is 24. The van der Waals surface area contributed by atoms with Crippen LogP contribution in [-0.2, 0) is 43.2 Å². The molecule has 0 spiro atoms. The second-order valence-electron chi connectivity index (χ2n) is 17.8. The first-order valence-electron chi connectivity index (χ1n) is 26.1. The number of nitrogens with one attached hydrogen (secondary N) is 3. The van der Waals surface area contributed by atoms with Gasteiger partial charge in [-0.05, 0) is 57.8 Å². The van der Waals surface area contributed by atoms with Gasteiger partial charge in [-0.1, -0.05) is 175 Å². The predicted octanol–water partition coefficient (Wildman–Crippen LogP) is 5.64. The summed E-state index contributed by atoms with van der Waals surface area (Å²) < 4.78 is 0. The van der Waals surface area contributed by atoms with Crippen LogP contribution in [0.4, 0.5) is 0 Å². The molecule has 402 valence electrons. The standard InChI is InChI=1S/3C17H31NO5.Al/c3*1-2-3-4-5-6-7-8-9-10-11-15(19)18-14(17(22)23)12-13-16(20)21;/h3*14H,2-13H2,1H3,(H,18,19)(H,20,21)(H,22,23);/q;;;+3/p-3/t3*14-;/m000./s1. The van der Waals surface area contributed by atoms with Crippen LogP contribution in [0.3, 0.4) is 0 Å². The summed E-state index contributed by atoms with van der Waals surface area (Å²) in [4.78, 5) is 98.9. The van der Waals surface area contributed by atoms with Crippen molar-refractivity contribution in [3.8, 4) is 0 Å². The van der Waals surface area contributed by atoms with Gasteiger partial charge < -0.3 is 61.0 Å². The molecule has 0 bridgehead atoms. The van der Waals surface area contributed by atoms with E-state index in [1.165, 1.54) is 116 Å². The molecule has 0 aromatic heterocycles. The third-order valence-corrected chi connectivity index (χ3v) is 11.3. The molecule has 0 saturated carbocycles. The number of carboxylic acids is 6. The van der Waals surface area contributed by atoms with Crippen molar-refractivity contribution in [2.75, 3.05) is 0 Å². The summed E-state index contributed by atoms with van der Waals surface area (Å²) in [7, 11) is 0. The molecule has 0 heterocycles. The molecule has 0 unspecified atom stereocenters. The van der Waals surface area contributed by atoms with Crippen LogP contribution in [0.2, 0.25) is 0 Å². The van der Waals surface area contributed by atoms with Gasteiger partial charge in [0.25, 0.3) is 0 Å². The third kappa shape index (κ3) is 54.7. The van der Waals surface area contributed by atoms with E-state index in [0.717, 1.165) is 57.8 Å². The van der Waals surface area contributed by atoms with Crippen LogP contribution in [0, 0.1) is 0 Å². The van der Waals surface area contributed by atoms with Crippen molar-refractivity contribution in [2.45, 2.75) is 270 Å². The fourth-order valence-corrected chi connectivity index (χ4v) is 7.15. The maximum absolute atomic E-state index is 11.7. The molecule has 3 atom stereocenters. The van der Waals surface area contributed by atoms with Crippen LogP contribution in [-0.4, -0.2) is 104 Å². The molecule has 70 heavy (non-hydrogen) atoms. The average Bonchev–Trinajstić information content (AvgIpc) is 3.28. The van der Waals surface area contributed by atoms with Crippen LogP contribution in [0.1, 0.15) is 252 Å². The Morgan fingerprint density at radius 2 is 0.486 bits per heavy atom. The quantitative estimate of drug-likeness (QED) is 0.0318. The summed E-state index contributed by atoms with van der Waals surface area (Å²) in [6.45, 7) is 6.58. The normalized spacial score (nSPS) is 11.7. The Hall–Kier alpha value is -4.24. The molecular weight excluding hydrogens is 922 g/mol. The van der Waals surface area contributed by atoms with E-state index in [4.69, 9.17) is 15.3 Å². The Bertz CT molecular complexity index is 1240. The zero-order valence-electron chi connectivity index (χ0n) is 43.0. The van der Waals surface area contributed by atoms with E-state index in [1.54, 1.807) is 0 Å². The van der Waals surface area contributed by atoms with E-state index in [1.807, 2.05) is 0 Å². The van der Waals surface area contributed by atoms with Crippen molar-refractivity contribution in [3.05, 3.63) is 0 Å². The zero-order chi connectivity index (χ0) is 52.5. The summed E-state index contributed by atoms with van der Waals surface area (Å²) in [6, 6.07) is -3.46. The third-order valence-electron chi connectivity index (χ3n) is 11.3. The van der Waals surface area contributed by atoms with Gasteiger partial charge in [0.2, 0.25) is 17.7 Å². The maximum atomic E-state index is 11.7. The molecule has 0 saturated heterocycles.